The summed E-state index contributed by atoms with van der Waals surface area (Å²) in [4.78, 5) is 44.9. The average molecular weight is 354 g/mol. The van der Waals surface area contributed by atoms with Crippen molar-refractivity contribution in [1.82, 2.24) is 0 Å². The van der Waals surface area contributed by atoms with Crippen LogP contribution in [0.4, 0.5) is 0 Å². The molecule has 2 aliphatic rings. The summed E-state index contributed by atoms with van der Waals surface area (Å²) in [5, 5.41) is 8.57. The number of ether oxygens (including phenoxy) is 4. The standard InChI is InChI=1S/C16H18O9/c1-9(18)2-4-13(20)24-11-7-22-16-12(8-23-15(11)16)25-14(21)5-3-10(19)6-17/h2-5,11-12,15-17H,6-8H2,1H3/b4-2+,5-3+. The molecule has 0 aliphatic carbocycles. The van der Waals surface area contributed by atoms with Gasteiger partial charge in [0.25, 0.3) is 0 Å². The first-order valence-electron chi connectivity index (χ1n) is 7.55. The lowest BCUT2D eigenvalue weighted by Gasteiger charge is -2.16. The average Bonchev–Trinajstić information content (AvgIpc) is 3.14. The van der Waals surface area contributed by atoms with Crippen LogP contribution in [-0.4, -0.2) is 72.8 Å². The normalized spacial score (nSPS) is 28.2. The van der Waals surface area contributed by atoms with E-state index in [1.807, 2.05) is 0 Å². The number of rotatable bonds is 7. The van der Waals surface area contributed by atoms with Gasteiger partial charge in [0, 0.05) is 12.2 Å². The second-order valence-corrected chi connectivity index (χ2v) is 5.45. The minimum absolute atomic E-state index is 0.0557. The topological polar surface area (TPSA) is 125 Å². The zero-order valence-corrected chi connectivity index (χ0v) is 13.5. The highest BCUT2D eigenvalue weighted by molar-refractivity contribution is 5.96. The fraction of sp³-hybridized carbons (Fsp3) is 0.500. The molecule has 0 aromatic heterocycles. The van der Waals surface area contributed by atoms with E-state index in [9.17, 15) is 19.2 Å². The highest BCUT2D eigenvalue weighted by atomic mass is 16.7. The molecule has 1 N–H and O–H groups in total. The van der Waals surface area contributed by atoms with E-state index in [-0.39, 0.29) is 19.0 Å². The molecule has 2 heterocycles. The van der Waals surface area contributed by atoms with Gasteiger partial charge in [0.1, 0.15) is 18.8 Å². The lowest BCUT2D eigenvalue weighted by atomic mass is 10.1. The number of allylic oxidation sites excluding steroid dienone is 1. The lowest BCUT2D eigenvalue weighted by Crippen LogP contribution is -2.35. The van der Waals surface area contributed by atoms with Crippen LogP contribution in [0.1, 0.15) is 6.92 Å². The second-order valence-electron chi connectivity index (χ2n) is 5.45. The van der Waals surface area contributed by atoms with Crippen molar-refractivity contribution in [3.05, 3.63) is 24.3 Å². The van der Waals surface area contributed by atoms with Gasteiger partial charge in [0.15, 0.2) is 23.8 Å². The fourth-order valence-electron chi connectivity index (χ4n) is 2.41. The molecule has 9 heteroatoms. The Kier molecular flexibility index (Phi) is 6.57. The van der Waals surface area contributed by atoms with Gasteiger partial charge in [-0.05, 0) is 19.1 Å². The van der Waals surface area contributed by atoms with Crippen molar-refractivity contribution in [3.8, 4) is 0 Å². The first-order chi connectivity index (χ1) is 11.9. The molecule has 25 heavy (non-hydrogen) atoms. The number of hydrogen-bond donors (Lipinski definition) is 1. The maximum absolute atomic E-state index is 11.6. The predicted molar refractivity (Wildman–Crippen MR) is 80.3 cm³/mol. The first-order valence-corrected chi connectivity index (χ1v) is 7.55. The smallest absolute Gasteiger partial charge is 0.331 e. The quantitative estimate of drug-likeness (QED) is 0.446. The van der Waals surface area contributed by atoms with Gasteiger partial charge in [0.2, 0.25) is 0 Å². The molecule has 4 unspecified atom stereocenters. The highest BCUT2D eigenvalue weighted by Crippen LogP contribution is 2.30. The molecule has 0 aromatic rings. The minimum Gasteiger partial charge on any atom is -0.454 e. The summed E-state index contributed by atoms with van der Waals surface area (Å²) < 4.78 is 21.3. The predicted octanol–water partition coefficient (Wildman–Crippen LogP) is -1.13. The summed E-state index contributed by atoms with van der Waals surface area (Å²) in [5.74, 6) is -2.38. The summed E-state index contributed by atoms with van der Waals surface area (Å²) in [6, 6.07) is 0. The van der Waals surface area contributed by atoms with Gasteiger partial charge in [-0.25, -0.2) is 9.59 Å². The van der Waals surface area contributed by atoms with E-state index in [0.29, 0.717) is 0 Å². The Labute approximate surface area is 143 Å². The first kappa shape index (κ1) is 19.0. The maximum Gasteiger partial charge on any atom is 0.331 e. The molecular weight excluding hydrogens is 336 g/mol. The maximum atomic E-state index is 11.6. The summed E-state index contributed by atoms with van der Waals surface area (Å²) in [6.07, 6.45) is 1.37. The number of aliphatic hydroxyl groups excluding tert-OH is 1. The van der Waals surface area contributed by atoms with Crippen molar-refractivity contribution in [2.45, 2.75) is 31.3 Å². The van der Waals surface area contributed by atoms with Gasteiger partial charge in [-0.3, -0.25) is 9.59 Å². The minimum atomic E-state index is -0.774. The van der Waals surface area contributed by atoms with Crippen LogP contribution < -0.4 is 0 Å². The summed E-state index contributed by atoms with van der Waals surface area (Å²) in [7, 11) is 0. The summed E-state index contributed by atoms with van der Waals surface area (Å²) >= 11 is 0. The summed E-state index contributed by atoms with van der Waals surface area (Å²) in [5.41, 5.74) is 0. The van der Waals surface area contributed by atoms with E-state index < -0.39 is 48.7 Å². The molecule has 4 atom stereocenters. The van der Waals surface area contributed by atoms with Crippen LogP contribution in [0.15, 0.2) is 24.3 Å². The molecule has 0 saturated carbocycles. The Bertz CT molecular complexity index is 607. The highest BCUT2D eigenvalue weighted by Gasteiger charge is 2.50. The van der Waals surface area contributed by atoms with E-state index in [2.05, 4.69) is 0 Å². The van der Waals surface area contributed by atoms with Crippen molar-refractivity contribution in [1.29, 1.82) is 0 Å². The Morgan fingerprint density at radius 3 is 1.84 bits per heavy atom. The molecular formula is C16H18O9. The number of ketones is 2. The van der Waals surface area contributed by atoms with E-state index >= 15 is 0 Å². The van der Waals surface area contributed by atoms with E-state index in [1.54, 1.807) is 0 Å². The fourth-order valence-corrected chi connectivity index (χ4v) is 2.41. The molecule has 0 amide bonds. The molecule has 0 aromatic carbocycles. The molecule has 9 nitrogen and oxygen atoms in total. The second kappa shape index (κ2) is 8.65. The number of esters is 2. The number of carbonyl (C=O) groups excluding carboxylic acids is 4. The number of aliphatic hydroxyl groups is 1. The van der Waals surface area contributed by atoms with Crippen molar-refractivity contribution in [2.75, 3.05) is 19.8 Å². The van der Waals surface area contributed by atoms with Crippen LogP contribution in [0, 0.1) is 0 Å². The van der Waals surface area contributed by atoms with Crippen molar-refractivity contribution < 1.29 is 43.2 Å². The Balaban J connectivity index is 1.86. The third-order valence-corrected chi connectivity index (χ3v) is 3.51. The van der Waals surface area contributed by atoms with Gasteiger partial charge in [-0.2, -0.15) is 0 Å². The molecule has 136 valence electrons. The zero-order valence-electron chi connectivity index (χ0n) is 13.5. The van der Waals surface area contributed by atoms with Crippen molar-refractivity contribution >= 4 is 23.5 Å². The van der Waals surface area contributed by atoms with E-state index in [1.165, 1.54) is 6.92 Å². The van der Waals surface area contributed by atoms with E-state index in [4.69, 9.17) is 24.1 Å². The van der Waals surface area contributed by atoms with Crippen LogP contribution in [0.5, 0.6) is 0 Å². The van der Waals surface area contributed by atoms with Crippen LogP contribution in [0.2, 0.25) is 0 Å². The monoisotopic (exact) mass is 354 g/mol. The van der Waals surface area contributed by atoms with Crippen molar-refractivity contribution in [2.24, 2.45) is 0 Å². The number of hydrogen-bond acceptors (Lipinski definition) is 9. The van der Waals surface area contributed by atoms with Gasteiger partial charge in [0.05, 0.1) is 13.2 Å². The zero-order chi connectivity index (χ0) is 18.4. The lowest BCUT2D eigenvalue weighted by molar-refractivity contribution is -0.149. The van der Waals surface area contributed by atoms with E-state index in [0.717, 1.165) is 24.3 Å². The van der Waals surface area contributed by atoms with Crippen LogP contribution in [0.25, 0.3) is 0 Å². The Morgan fingerprint density at radius 1 is 0.920 bits per heavy atom. The van der Waals surface area contributed by atoms with Gasteiger partial charge in [-0.1, -0.05) is 0 Å². The third-order valence-electron chi connectivity index (χ3n) is 3.51. The molecule has 2 fully saturated rings. The van der Waals surface area contributed by atoms with Crippen molar-refractivity contribution in [3.63, 3.8) is 0 Å². The Hall–Kier alpha value is -2.36. The van der Waals surface area contributed by atoms with Crippen LogP contribution >= 0.6 is 0 Å². The molecule has 2 rings (SSSR count). The molecule has 2 saturated heterocycles. The van der Waals surface area contributed by atoms with Gasteiger partial charge >= 0.3 is 11.9 Å². The number of fused-ring (bicyclic) bond motifs is 1. The molecule has 0 spiro atoms. The molecule has 0 radical (unpaired) electrons. The van der Waals surface area contributed by atoms with Crippen LogP contribution in [0.3, 0.4) is 0 Å². The largest absolute Gasteiger partial charge is 0.454 e. The molecule has 2 aliphatic heterocycles. The third kappa shape index (κ3) is 5.31. The SMILES string of the molecule is CC(=O)/C=C/C(=O)OC1COC2C(OC(=O)/C=C/C(=O)CO)COC12. The Morgan fingerprint density at radius 2 is 1.40 bits per heavy atom. The summed E-state index contributed by atoms with van der Waals surface area (Å²) in [6.45, 7) is 0.734. The number of carbonyl (C=O) groups is 4. The molecule has 0 bridgehead atoms. The van der Waals surface area contributed by atoms with Gasteiger partial charge < -0.3 is 24.1 Å². The van der Waals surface area contributed by atoms with Gasteiger partial charge in [-0.15, -0.1) is 0 Å². The van der Waals surface area contributed by atoms with Crippen LogP contribution in [-0.2, 0) is 38.1 Å².